The third kappa shape index (κ3) is 7.04. The predicted molar refractivity (Wildman–Crippen MR) is 150 cm³/mol. The monoisotopic (exact) mass is 615 g/mol. The van der Waals surface area contributed by atoms with Gasteiger partial charge >= 0.3 is 17.9 Å². The summed E-state index contributed by atoms with van der Waals surface area (Å²) in [5, 5.41) is 30.8. The Bertz CT molecular complexity index is 1660. The van der Waals surface area contributed by atoms with Crippen molar-refractivity contribution in [2.24, 2.45) is 5.73 Å². The van der Waals surface area contributed by atoms with Gasteiger partial charge in [0.1, 0.15) is 11.9 Å². The molecule has 0 aliphatic rings. The number of ketones is 1. The number of hydrazine groups is 1. The van der Waals surface area contributed by atoms with E-state index >= 15 is 0 Å². The third-order valence-electron chi connectivity index (χ3n) is 6.83. The number of methoxy groups -OCH3 is 1. The van der Waals surface area contributed by atoms with Crippen molar-refractivity contribution in [3.05, 3.63) is 69.8 Å². The Morgan fingerprint density at radius 1 is 1.09 bits per heavy atom. The summed E-state index contributed by atoms with van der Waals surface area (Å²) in [5.41, 5.74) is 1.85. The predicted octanol–water partition coefficient (Wildman–Crippen LogP) is 1.01. The number of nitrogens with one attached hydrogen (secondary N) is 1. The molecule has 0 saturated carbocycles. The molecule has 0 saturated heterocycles. The van der Waals surface area contributed by atoms with E-state index in [-0.39, 0.29) is 23.5 Å². The van der Waals surface area contributed by atoms with Gasteiger partial charge in [0.25, 0.3) is 11.6 Å². The van der Waals surface area contributed by atoms with E-state index in [9.17, 15) is 48.5 Å². The minimum atomic E-state index is -3.00. The molecule has 234 valence electrons. The Morgan fingerprint density at radius 3 is 2.36 bits per heavy atom. The lowest BCUT2D eigenvalue weighted by Crippen LogP contribution is -2.67. The molecule has 1 amide bonds. The summed E-state index contributed by atoms with van der Waals surface area (Å²) in [6, 6.07) is 7.21. The number of carbonyl (C=O) groups is 5. The van der Waals surface area contributed by atoms with Crippen molar-refractivity contribution in [1.29, 1.82) is 0 Å². The van der Waals surface area contributed by atoms with E-state index in [4.69, 9.17) is 10.5 Å². The SMILES string of the molecule is COc1nc2ccc(CN(C)N(C(=O)CC[C@H](N)C(=O)O)[C@](CCC(=O)O)(C(=O)O)C(=O)c3ccccc3F)cc2c(=O)[nH]1. The summed E-state index contributed by atoms with van der Waals surface area (Å²) in [5.74, 6) is -8.54. The molecule has 0 aliphatic heterocycles. The smallest absolute Gasteiger partial charge is 0.339 e. The summed E-state index contributed by atoms with van der Waals surface area (Å²) in [7, 11) is 2.53. The summed E-state index contributed by atoms with van der Waals surface area (Å²) in [6.45, 7) is -0.329. The molecule has 3 rings (SSSR count). The van der Waals surface area contributed by atoms with E-state index in [1.807, 2.05) is 0 Å². The lowest BCUT2D eigenvalue weighted by atomic mass is 9.83. The van der Waals surface area contributed by atoms with Gasteiger partial charge in [-0.2, -0.15) is 4.98 Å². The topological polar surface area (TPSA) is 234 Å². The van der Waals surface area contributed by atoms with Crippen LogP contribution in [0.5, 0.6) is 6.01 Å². The van der Waals surface area contributed by atoms with Crippen molar-refractivity contribution in [1.82, 2.24) is 20.0 Å². The molecule has 2 aromatic carbocycles. The number of carboxylic acid groups (broad SMARTS) is 3. The minimum absolute atomic E-state index is 0.0416. The maximum Gasteiger partial charge on any atom is 0.339 e. The van der Waals surface area contributed by atoms with Gasteiger partial charge in [0.2, 0.25) is 17.2 Å². The maximum atomic E-state index is 14.9. The Hall–Kier alpha value is -5.22. The number of Topliss-reactive ketones (excluding diaryl/α,β-unsaturated/α-hetero) is 1. The standard InChI is InChI=1S/C28H30FN5O10/c1-33(14-15-7-9-20-17(13-15)24(39)32-27(31-20)44-2)34(21(35)10-8-19(30)25(40)41)28(26(42)43,12-11-22(36)37)23(38)16-5-3-4-6-18(16)29/h3-7,9,13,19H,8,10-12,14,30H2,1-2H3,(H,36,37)(H,40,41)(H,42,43)(H,31,32,39)/t19-,28-/m0/s1. The third-order valence-corrected chi connectivity index (χ3v) is 6.83. The second-order valence-corrected chi connectivity index (χ2v) is 9.80. The lowest BCUT2D eigenvalue weighted by Gasteiger charge is -2.44. The van der Waals surface area contributed by atoms with Crippen LogP contribution in [0.25, 0.3) is 10.9 Å². The number of aromatic amines is 1. The number of aromatic nitrogens is 2. The molecule has 6 N–H and O–H groups in total. The average Bonchev–Trinajstić information content (AvgIpc) is 2.97. The maximum absolute atomic E-state index is 14.9. The fraction of sp³-hybridized carbons (Fsp3) is 0.321. The number of rotatable bonds is 15. The zero-order chi connectivity index (χ0) is 32.8. The molecule has 1 heterocycles. The number of benzene rings is 2. The molecule has 0 fully saturated rings. The summed E-state index contributed by atoms with van der Waals surface area (Å²) < 4.78 is 19.8. The second-order valence-electron chi connectivity index (χ2n) is 9.80. The number of H-pyrrole nitrogens is 1. The van der Waals surface area contributed by atoms with Gasteiger partial charge in [0.15, 0.2) is 0 Å². The first kappa shape index (κ1) is 33.3. The molecule has 0 spiro atoms. The molecule has 2 atom stereocenters. The Labute approximate surface area is 248 Å². The normalized spacial score (nSPS) is 13.2. The molecular weight excluding hydrogens is 585 g/mol. The van der Waals surface area contributed by atoms with Crippen LogP contribution in [0.3, 0.4) is 0 Å². The first-order chi connectivity index (χ1) is 20.7. The van der Waals surface area contributed by atoms with Crippen LogP contribution in [-0.2, 0) is 25.7 Å². The zero-order valence-electron chi connectivity index (χ0n) is 23.7. The number of nitrogens with zero attached hydrogens (tertiary/aromatic N) is 3. The van der Waals surface area contributed by atoms with Gasteiger partial charge in [0, 0.05) is 32.9 Å². The highest BCUT2D eigenvalue weighted by atomic mass is 19.1. The number of amides is 1. The molecular formula is C28H30FN5O10. The van der Waals surface area contributed by atoms with Crippen molar-refractivity contribution < 1.29 is 48.4 Å². The molecule has 0 bridgehead atoms. The highest BCUT2D eigenvalue weighted by Gasteiger charge is 2.55. The molecule has 16 heteroatoms. The number of ether oxygens (including phenoxy) is 1. The van der Waals surface area contributed by atoms with Crippen LogP contribution in [-0.4, -0.2) is 90.6 Å². The van der Waals surface area contributed by atoms with Crippen molar-refractivity contribution in [3.8, 4) is 6.01 Å². The zero-order valence-corrected chi connectivity index (χ0v) is 23.7. The van der Waals surface area contributed by atoms with Crippen LogP contribution >= 0.6 is 0 Å². The summed E-state index contributed by atoms with van der Waals surface area (Å²) >= 11 is 0. The Balaban J connectivity index is 2.19. The number of hydrogen-bond donors (Lipinski definition) is 5. The van der Waals surface area contributed by atoms with Gasteiger partial charge in [-0.3, -0.25) is 29.0 Å². The minimum Gasteiger partial charge on any atom is -0.481 e. The van der Waals surface area contributed by atoms with Crippen LogP contribution in [0.2, 0.25) is 0 Å². The fourth-order valence-electron chi connectivity index (χ4n) is 4.66. The van der Waals surface area contributed by atoms with E-state index in [0.29, 0.717) is 10.6 Å². The van der Waals surface area contributed by atoms with Crippen molar-refractivity contribution >= 4 is 40.5 Å². The molecule has 0 radical (unpaired) electrons. The highest BCUT2D eigenvalue weighted by Crippen LogP contribution is 2.32. The first-order valence-corrected chi connectivity index (χ1v) is 13.1. The summed E-state index contributed by atoms with van der Waals surface area (Å²) in [6.07, 6.45) is -3.05. The van der Waals surface area contributed by atoms with Gasteiger partial charge in [-0.1, -0.05) is 18.2 Å². The van der Waals surface area contributed by atoms with E-state index in [2.05, 4.69) is 9.97 Å². The molecule has 44 heavy (non-hydrogen) atoms. The molecule has 0 aliphatic carbocycles. The number of carbonyl (C=O) groups excluding carboxylic acids is 2. The van der Waals surface area contributed by atoms with Gasteiger partial charge in [-0.15, -0.1) is 0 Å². The van der Waals surface area contributed by atoms with E-state index in [0.717, 1.165) is 17.1 Å². The highest BCUT2D eigenvalue weighted by molar-refractivity contribution is 6.17. The van der Waals surface area contributed by atoms with Crippen molar-refractivity contribution in [2.75, 3.05) is 14.2 Å². The number of halogens is 1. The van der Waals surface area contributed by atoms with Gasteiger partial charge in [0.05, 0.1) is 23.6 Å². The van der Waals surface area contributed by atoms with Crippen molar-refractivity contribution in [2.45, 2.75) is 43.8 Å². The number of hydrogen-bond acceptors (Lipinski definition) is 10. The molecule has 0 unspecified atom stereocenters. The van der Waals surface area contributed by atoms with Crippen LogP contribution in [0.4, 0.5) is 4.39 Å². The largest absolute Gasteiger partial charge is 0.481 e. The van der Waals surface area contributed by atoms with E-state index in [1.54, 1.807) is 0 Å². The van der Waals surface area contributed by atoms with E-state index < -0.39 is 83.8 Å². The van der Waals surface area contributed by atoms with Gasteiger partial charge in [-0.25, -0.2) is 19.2 Å². The number of aliphatic carboxylic acids is 3. The van der Waals surface area contributed by atoms with Gasteiger partial charge < -0.3 is 25.8 Å². The van der Waals surface area contributed by atoms with Crippen molar-refractivity contribution in [3.63, 3.8) is 0 Å². The Kier molecular flexibility index (Phi) is 10.5. The van der Waals surface area contributed by atoms with E-state index in [1.165, 1.54) is 44.5 Å². The number of carboxylic acids is 3. The number of nitrogens with two attached hydrogens (primary N) is 1. The average molecular weight is 616 g/mol. The van der Waals surface area contributed by atoms with Crippen LogP contribution < -0.4 is 16.0 Å². The van der Waals surface area contributed by atoms with Crippen LogP contribution in [0.15, 0.2) is 47.3 Å². The first-order valence-electron chi connectivity index (χ1n) is 13.1. The van der Waals surface area contributed by atoms with Crippen LogP contribution in [0, 0.1) is 5.82 Å². The Morgan fingerprint density at radius 2 is 1.77 bits per heavy atom. The molecule has 1 aromatic heterocycles. The molecule has 3 aromatic rings. The second kappa shape index (κ2) is 13.8. The molecule has 15 nitrogen and oxygen atoms in total. The fourth-order valence-corrected chi connectivity index (χ4v) is 4.66. The number of fused-ring (bicyclic) bond motifs is 1. The lowest BCUT2D eigenvalue weighted by molar-refractivity contribution is -0.177. The summed E-state index contributed by atoms with van der Waals surface area (Å²) in [4.78, 5) is 82.8. The van der Waals surface area contributed by atoms with Gasteiger partial charge in [-0.05, 0) is 36.2 Å². The van der Waals surface area contributed by atoms with Crippen LogP contribution in [0.1, 0.15) is 41.6 Å². The quantitative estimate of drug-likeness (QED) is 0.0913.